The summed E-state index contributed by atoms with van der Waals surface area (Å²) in [7, 11) is 0. The number of benzene rings is 2. The Balaban J connectivity index is 1.95. The summed E-state index contributed by atoms with van der Waals surface area (Å²) >= 11 is 0. The standard InChI is InChI=1S/C17H14N2/c1-13-18-12-11-17(19-13)16-9-7-15(8-10-16)14-5-3-2-4-6-14/h2-12H,1H3. The van der Waals surface area contributed by atoms with Gasteiger partial charge in [0.15, 0.2) is 0 Å². The Labute approximate surface area is 112 Å². The molecule has 2 heteroatoms. The SMILES string of the molecule is Cc1nccc(-c2ccc(-c3ccccc3)cc2)n1. The Bertz CT molecular complexity index is 673. The third kappa shape index (κ3) is 2.52. The van der Waals surface area contributed by atoms with Crippen LogP contribution in [0.15, 0.2) is 66.9 Å². The van der Waals surface area contributed by atoms with Gasteiger partial charge in [0, 0.05) is 11.8 Å². The second kappa shape index (κ2) is 5.02. The lowest BCUT2D eigenvalue weighted by molar-refractivity contribution is 1.06. The lowest BCUT2D eigenvalue weighted by Crippen LogP contribution is -1.89. The fourth-order valence-corrected chi connectivity index (χ4v) is 2.08. The molecule has 0 saturated heterocycles. The van der Waals surface area contributed by atoms with Crippen molar-refractivity contribution in [1.82, 2.24) is 9.97 Å². The monoisotopic (exact) mass is 246 g/mol. The van der Waals surface area contributed by atoms with E-state index in [0.717, 1.165) is 17.1 Å². The molecule has 0 aliphatic rings. The van der Waals surface area contributed by atoms with Gasteiger partial charge < -0.3 is 0 Å². The molecule has 3 aromatic rings. The molecule has 0 aliphatic carbocycles. The van der Waals surface area contributed by atoms with Gasteiger partial charge >= 0.3 is 0 Å². The maximum absolute atomic E-state index is 4.43. The molecule has 92 valence electrons. The summed E-state index contributed by atoms with van der Waals surface area (Å²) in [6.45, 7) is 1.90. The summed E-state index contributed by atoms with van der Waals surface area (Å²) in [5.74, 6) is 0.796. The lowest BCUT2D eigenvalue weighted by Gasteiger charge is -2.04. The van der Waals surface area contributed by atoms with E-state index in [9.17, 15) is 0 Å². The van der Waals surface area contributed by atoms with E-state index in [1.54, 1.807) is 6.20 Å². The number of hydrogen-bond acceptors (Lipinski definition) is 2. The van der Waals surface area contributed by atoms with Crippen molar-refractivity contribution in [2.75, 3.05) is 0 Å². The van der Waals surface area contributed by atoms with Gasteiger partial charge in [0.1, 0.15) is 5.82 Å². The zero-order valence-electron chi connectivity index (χ0n) is 10.7. The highest BCUT2D eigenvalue weighted by Gasteiger charge is 2.01. The van der Waals surface area contributed by atoms with Crippen molar-refractivity contribution in [2.24, 2.45) is 0 Å². The Kier molecular flexibility index (Phi) is 3.07. The van der Waals surface area contributed by atoms with E-state index in [-0.39, 0.29) is 0 Å². The van der Waals surface area contributed by atoms with Crippen molar-refractivity contribution in [3.8, 4) is 22.4 Å². The van der Waals surface area contributed by atoms with Crippen LogP contribution in [0.4, 0.5) is 0 Å². The van der Waals surface area contributed by atoms with E-state index in [0.29, 0.717) is 0 Å². The van der Waals surface area contributed by atoms with Crippen LogP contribution >= 0.6 is 0 Å². The number of aromatic nitrogens is 2. The summed E-state index contributed by atoms with van der Waals surface area (Å²) in [5.41, 5.74) is 4.53. The van der Waals surface area contributed by atoms with Gasteiger partial charge in [0.25, 0.3) is 0 Å². The van der Waals surface area contributed by atoms with Crippen molar-refractivity contribution in [1.29, 1.82) is 0 Å². The molecule has 0 atom stereocenters. The molecule has 1 aromatic heterocycles. The van der Waals surface area contributed by atoms with Gasteiger partial charge in [0.2, 0.25) is 0 Å². The predicted molar refractivity (Wildman–Crippen MR) is 77.6 cm³/mol. The third-order valence-electron chi connectivity index (χ3n) is 3.06. The number of aryl methyl sites for hydroxylation is 1. The van der Waals surface area contributed by atoms with Gasteiger partial charge in [-0.15, -0.1) is 0 Å². The van der Waals surface area contributed by atoms with E-state index >= 15 is 0 Å². The van der Waals surface area contributed by atoms with Crippen LogP contribution in [0.3, 0.4) is 0 Å². The molecule has 0 fully saturated rings. The van der Waals surface area contributed by atoms with Gasteiger partial charge in [-0.3, -0.25) is 0 Å². The van der Waals surface area contributed by atoms with Gasteiger partial charge in [-0.25, -0.2) is 9.97 Å². The van der Waals surface area contributed by atoms with E-state index in [4.69, 9.17) is 0 Å². The van der Waals surface area contributed by atoms with Crippen LogP contribution in [0.5, 0.6) is 0 Å². The minimum Gasteiger partial charge on any atom is -0.242 e. The second-order valence-corrected chi connectivity index (χ2v) is 4.43. The van der Waals surface area contributed by atoms with Crippen LogP contribution in [0, 0.1) is 6.92 Å². The summed E-state index contributed by atoms with van der Waals surface area (Å²) in [5, 5.41) is 0. The number of rotatable bonds is 2. The normalized spacial score (nSPS) is 10.4. The third-order valence-corrected chi connectivity index (χ3v) is 3.06. The molecule has 1 heterocycles. The summed E-state index contributed by atoms with van der Waals surface area (Å²) in [6.07, 6.45) is 1.79. The molecule has 0 bridgehead atoms. The number of hydrogen-bond donors (Lipinski definition) is 0. The van der Waals surface area contributed by atoms with Crippen molar-refractivity contribution < 1.29 is 0 Å². The molecule has 0 saturated carbocycles. The Morgan fingerprint density at radius 2 is 1.32 bits per heavy atom. The number of nitrogens with zero attached hydrogens (tertiary/aromatic N) is 2. The van der Waals surface area contributed by atoms with Gasteiger partial charge in [-0.1, -0.05) is 54.6 Å². The van der Waals surface area contributed by atoms with Crippen molar-refractivity contribution in [3.05, 3.63) is 72.7 Å². The molecule has 2 aromatic carbocycles. The van der Waals surface area contributed by atoms with E-state index in [2.05, 4.69) is 58.5 Å². The molecular weight excluding hydrogens is 232 g/mol. The second-order valence-electron chi connectivity index (χ2n) is 4.43. The first-order valence-corrected chi connectivity index (χ1v) is 6.28. The van der Waals surface area contributed by atoms with Gasteiger partial charge in [-0.2, -0.15) is 0 Å². The quantitative estimate of drug-likeness (QED) is 0.679. The maximum atomic E-state index is 4.43. The first-order chi connectivity index (χ1) is 9.33. The molecule has 3 rings (SSSR count). The minimum absolute atomic E-state index is 0.796. The van der Waals surface area contributed by atoms with Crippen LogP contribution < -0.4 is 0 Å². The Hall–Kier alpha value is -2.48. The fraction of sp³-hybridized carbons (Fsp3) is 0.0588. The summed E-state index contributed by atoms with van der Waals surface area (Å²) in [4.78, 5) is 8.55. The fourth-order valence-electron chi connectivity index (χ4n) is 2.08. The highest BCUT2D eigenvalue weighted by atomic mass is 14.9. The van der Waals surface area contributed by atoms with Crippen LogP contribution in [-0.4, -0.2) is 9.97 Å². The lowest BCUT2D eigenvalue weighted by atomic mass is 10.0. The topological polar surface area (TPSA) is 25.8 Å². The molecule has 0 N–H and O–H groups in total. The molecule has 0 radical (unpaired) electrons. The smallest absolute Gasteiger partial charge is 0.125 e. The van der Waals surface area contributed by atoms with Crippen molar-refractivity contribution >= 4 is 0 Å². The van der Waals surface area contributed by atoms with Crippen molar-refractivity contribution in [3.63, 3.8) is 0 Å². The molecule has 0 spiro atoms. The van der Waals surface area contributed by atoms with E-state index < -0.39 is 0 Å². The highest BCUT2D eigenvalue weighted by molar-refractivity contribution is 5.68. The van der Waals surface area contributed by atoms with E-state index in [1.165, 1.54) is 11.1 Å². The molecule has 2 nitrogen and oxygen atoms in total. The molecule has 0 unspecified atom stereocenters. The van der Waals surface area contributed by atoms with Gasteiger partial charge in [0.05, 0.1) is 5.69 Å². The van der Waals surface area contributed by atoms with Crippen molar-refractivity contribution in [2.45, 2.75) is 6.92 Å². The zero-order valence-corrected chi connectivity index (χ0v) is 10.7. The summed E-state index contributed by atoms with van der Waals surface area (Å²) < 4.78 is 0. The first kappa shape index (κ1) is 11.6. The van der Waals surface area contributed by atoms with Crippen LogP contribution in [0.25, 0.3) is 22.4 Å². The molecular formula is C17H14N2. The maximum Gasteiger partial charge on any atom is 0.125 e. The Morgan fingerprint density at radius 1 is 0.684 bits per heavy atom. The minimum atomic E-state index is 0.796. The molecule has 0 aliphatic heterocycles. The van der Waals surface area contributed by atoms with Crippen LogP contribution in [-0.2, 0) is 0 Å². The van der Waals surface area contributed by atoms with Crippen LogP contribution in [0.2, 0.25) is 0 Å². The first-order valence-electron chi connectivity index (χ1n) is 6.28. The largest absolute Gasteiger partial charge is 0.242 e. The zero-order chi connectivity index (χ0) is 13.1. The average molecular weight is 246 g/mol. The molecule has 19 heavy (non-hydrogen) atoms. The predicted octanol–water partition coefficient (Wildman–Crippen LogP) is 4.12. The average Bonchev–Trinajstić information content (AvgIpc) is 2.48. The van der Waals surface area contributed by atoms with Gasteiger partial charge in [-0.05, 0) is 24.1 Å². The Morgan fingerprint density at radius 3 is 2.00 bits per heavy atom. The highest BCUT2D eigenvalue weighted by Crippen LogP contribution is 2.23. The molecule has 0 amide bonds. The summed E-state index contributed by atoms with van der Waals surface area (Å²) in [6, 6.07) is 20.8. The van der Waals surface area contributed by atoms with Crippen LogP contribution in [0.1, 0.15) is 5.82 Å². The van der Waals surface area contributed by atoms with E-state index in [1.807, 2.05) is 19.1 Å².